The molecule has 1 aromatic carbocycles. The predicted molar refractivity (Wildman–Crippen MR) is 83.7 cm³/mol. The van der Waals surface area contributed by atoms with E-state index in [1.807, 2.05) is 21.0 Å². The van der Waals surface area contributed by atoms with Gasteiger partial charge >= 0.3 is 0 Å². The number of amidine groups is 1. The van der Waals surface area contributed by atoms with E-state index in [1.54, 1.807) is 29.2 Å². The number of hydrogen-bond donors (Lipinski definition) is 2. The van der Waals surface area contributed by atoms with Crippen molar-refractivity contribution in [3.05, 3.63) is 35.4 Å². The Labute approximate surface area is 125 Å². The van der Waals surface area contributed by atoms with Crippen molar-refractivity contribution in [2.45, 2.75) is 13.3 Å². The minimum absolute atomic E-state index is 0.000284. The minimum Gasteiger partial charge on any atom is -0.409 e. The Kier molecular flexibility index (Phi) is 6.68. The first-order valence-corrected chi connectivity index (χ1v) is 7.01. The maximum atomic E-state index is 12.5. The summed E-state index contributed by atoms with van der Waals surface area (Å²) in [5, 5.41) is 11.7. The molecule has 21 heavy (non-hydrogen) atoms. The zero-order valence-electron chi connectivity index (χ0n) is 12.9. The van der Waals surface area contributed by atoms with Crippen molar-refractivity contribution in [1.29, 1.82) is 0 Å². The van der Waals surface area contributed by atoms with Crippen LogP contribution in [-0.2, 0) is 0 Å². The third-order valence-corrected chi connectivity index (χ3v) is 3.22. The molecule has 1 rings (SSSR count). The molecule has 0 saturated carbocycles. The third-order valence-electron chi connectivity index (χ3n) is 3.22. The van der Waals surface area contributed by atoms with Gasteiger partial charge in [-0.25, -0.2) is 0 Å². The van der Waals surface area contributed by atoms with Gasteiger partial charge in [0.05, 0.1) is 0 Å². The van der Waals surface area contributed by atoms with Crippen LogP contribution in [0.5, 0.6) is 0 Å². The highest BCUT2D eigenvalue weighted by Crippen LogP contribution is 2.09. The number of hydrogen-bond acceptors (Lipinski definition) is 4. The molecular weight excluding hydrogens is 268 g/mol. The Morgan fingerprint density at radius 1 is 1.29 bits per heavy atom. The fourth-order valence-corrected chi connectivity index (χ4v) is 2.03. The molecule has 6 heteroatoms. The third kappa shape index (κ3) is 5.07. The van der Waals surface area contributed by atoms with Crippen LogP contribution < -0.4 is 5.73 Å². The van der Waals surface area contributed by atoms with Crippen LogP contribution in [0.15, 0.2) is 29.4 Å². The number of nitrogens with zero attached hydrogens (tertiary/aromatic N) is 3. The van der Waals surface area contributed by atoms with Crippen LogP contribution in [0.4, 0.5) is 0 Å². The van der Waals surface area contributed by atoms with E-state index in [9.17, 15) is 4.79 Å². The van der Waals surface area contributed by atoms with Crippen molar-refractivity contribution in [1.82, 2.24) is 9.80 Å². The molecule has 6 nitrogen and oxygen atoms in total. The van der Waals surface area contributed by atoms with E-state index in [-0.39, 0.29) is 11.7 Å². The molecular formula is C15H24N4O2. The summed E-state index contributed by atoms with van der Waals surface area (Å²) in [5.41, 5.74) is 6.64. The summed E-state index contributed by atoms with van der Waals surface area (Å²) in [6, 6.07) is 6.82. The Balaban J connectivity index is 2.80. The first-order chi connectivity index (χ1) is 9.99. The lowest BCUT2D eigenvalue weighted by atomic mass is 10.1. The normalized spacial score (nSPS) is 11.7. The smallest absolute Gasteiger partial charge is 0.253 e. The molecule has 0 radical (unpaired) electrons. The standard InChI is InChI=1S/C15H24N4O2/c1-4-19(10-6-9-18(2)3)15(20)13-8-5-7-12(11-13)14(16)17-21/h5,7-8,11,21H,4,6,9-10H2,1-3H3,(H2,16,17). The number of carbonyl (C=O) groups excluding carboxylic acids is 1. The van der Waals surface area contributed by atoms with Crippen molar-refractivity contribution in [3.8, 4) is 0 Å². The lowest BCUT2D eigenvalue weighted by Crippen LogP contribution is -2.33. The summed E-state index contributed by atoms with van der Waals surface area (Å²) < 4.78 is 0. The molecule has 0 heterocycles. The van der Waals surface area contributed by atoms with Gasteiger partial charge in [0.15, 0.2) is 5.84 Å². The summed E-state index contributed by atoms with van der Waals surface area (Å²) in [7, 11) is 4.02. The van der Waals surface area contributed by atoms with Gasteiger partial charge in [0, 0.05) is 24.2 Å². The molecule has 1 aromatic rings. The number of rotatable bonds is 7. The van der Waals surface area contributed by atoms with Crippen LogP contribution in [0.3, 0.4) is 0 Å². The Morgan fingerprint density at radius 3 is 2.52 bits per heavy atom. The molecule has 3 N–H and O–H groups in total. The molecule has 116 valence electrons. The van der Waals surface area contributed by atoms with Gasteiger partial charge in [0.2, 0.25) is 0 Å². The van der Waals surface area contributed by atoms with Crippen molar-refractivity contribution in [3.63, 3.8) is 0 Å². The van der Waals surface area contributed by atoms with Crippen molar-refractivity contribution >= 4 is 11.7 Å². The molecule has 0 aliphatic carbocycles. The molecule has 0 atom stereocenters. The average Bonchev–Trinajstić information content (AvgIpc) is 2.50. The van der Waals surface area contributed by atoms with E-state index in [0.717, 1.165) is 13.0 Å². The molecule has 0 aromatic heterocycles. The van der Waals surface area contributed by atoms with Crippen LogP contribution in [0.1, 0.15) is 29.3 Å². The minimum atomic E-state index is -0.0381. The quantitative estimate of drug-likeness (QED) is 0.342. The first-order valence-electron chi connectivity index (χ1n) is 7.01. The highest BCUT2D eigenvalue weighted by atomic mass is 16.4. The second-order valence-corrected chi connectivity index (χ2v) is 5.11. The summed E-state index contributed by atoms with van der Waals surface area (Å²) in [6.45, 7) is 4.26. The predicted octanol–water partition coefficient (Wildman–Crippen LogP) is 1.19. The fraction of sp³-hybridized carbons (Fsp3) is 0.467. The zero-order valence-corrected chi connectivity index (χ0v) is 12.9. The molecule has 0 unspecified atom stereocenters. The monoisotopic (exact) mass is 292 g/mol. The number of nitrogens with two attached hydrogens (primary N) is 1. The van der Waals surface area contributed by atoms with Gasteiger partial charge in [-0.15, -0.1) is 0 Å². The molecule has 0 saturated heterocycles. The van der Waals surface area contributed by atoms with Gasteiger partial charge < -0.3 is 20.7 Å². The summed E-state index contributed by atoms with van der Waals surface area (Å²) in [4.78, 5) is 16.4. The van der Waals surface area contributed by atoms with E-state index >= 15 is 0 Å². The van der Waals surface area contributed by atoms with E-state index in [2.05, 4.69) is 10.1 Å². The first kappa shape index (κ1) is 17.0. The molecule has 0 aliphatic heterocycles. The lowest BCUT2D eigenvalue weighted by Gasteiger charge is -2.22. The number of carbonyl (C=O) groups is 1. The van der Waals surface area contributed by atoms with Gasteiger partial charge in [-0.2, -0.15) is 0 Å². The largest absolute Gasteiger partial charge is 0.409 e. The SMILES string of the molecule is CCN(CCCN(C)C)C(=O)c1cccc(/C(N)=N/O)c1. The van der Waals surface area contributed by atoms with Gasteiger partial charge in [0.1, 0.15) is 0 Å². The van der Waals surface area contributed by atoms with Crippen molar-refractivity contribution < 1.29 is 10.0 Å². The molecule has 0 spiro atoms. The van der Waals surface area contributed by atoms with E-state index in [0.29, 0.717) is 24.2 Å². The summed E-state index contributed by atoms with van der Waals surface area (Å²) in [5.74, 6) is -0.0378. The molecule has 1 amide bonds. The Hall–Kier alpha value is -2.08. The van der Waals surface area contributed by atoms with E-state index in [1.165, 1.54) is 0 Å². The van der Waals surface area contributed by atoms with E-state index < -0.39 is 0 Å². The van der Waals surface area contributed by atoms with Crippen LogP contribution >= 0.6 is 0 Å². The van der Waals surface area contributed by atoms with Crippen LogP contribution in [0.2, 0.25) is 0 Å². The Bertz CT molecular complexity index is 500. The Morgan fingerprint density at radius 2 is 1.95 bits per heavy atom. The summed E-state index contributed by atoms with van der Waals surface area (Å²) >= 11 is 0. The lowest BCUT2D eigenvalue weighted by molar-refractivity contribution is 0.0759. The van der Waals surface area contributed by atoms with Crippen molar-refractivity contribution in [2.24, 2.45) is 10.9 Å². The van der Waals surface area contributed by atoms with E-state index in [4.69, 9.17) is 10.9 Å². The number of benzene rings is 1. The second kappa shape index (κ2) is 8.26. The molecule has 0 bridgehead atoms. The fourth-order valence-electron chi connectivity index (χ4n) is 2.03. The maximum absolute atomic E-state index is 12.5. The number of oxime groups is 1. The zero-order chi connectivity index (χ0) is 15.8. The van der Waals surface area contributed by atoms with Crippen LogP contribution in [-0.4, -0.2) is 60.5 Å². The molecule has 0 aliphatic rings. The van der Waals surface area contributed by atoms with Crippen molar-refractivity contribution in [2.75, 3.05) is 33.7 Å². The van der Waals surface area contributed by atoms with Gasteiger partial charge in [-0.3, -0.25) is 4.79 Å². The highest BCUT2D eigenvalue weighted by molar-refractivity contribution is 6.01. The van der Waals surface area contributed by atoms with Gasteiger partial charge in [-0.1, -0.05) is 17.3 Å². The second-order valence-electron chi connectivity index (χ2n) is 5.11. The highest BCUT2D eigenvalue weighted by Gasteiger charge is 2.14. The molecule has 0 fully saturated rings. The topological polar surface area (TPSA) is 82.2 Å². The maximum Gasteiger partial charge on any atom is 0.253 e. The van der Waals surface area contributed by atoms with Gasteiger partial charge in [-0.05, 0) is 46.1 Å². The number of amides is 1. The average molecular weight is 292 g/mol. The van der Waals surface area contributed by atoms with Crippen LogP contribution in [0.25, 0.3) is 0 Å². The van der Waals surface area contributed by atoms with Crippen LogP contribution in [0, 0.1) is 0 Å². The van der Waals surface area contributed by atoms with Gasteiger partial charge in [0.25, 0.3) is 5.91 Å². The summed E-state index contributed by atoms with van der Waals surface area (Å²) in [6.07, 6.45) is 0.923.